The Hall–Kier alpha value is -0.420. The molecular weight excluding hydrogens is 168 g/mol. The van der Waals surface area contributed by atoms with Crippen LogP contribution in [0.2, 0.25) is 0 Å². The van der Waals surface area contributed by atoms with Gasteiger partial charge < -0.3 is 9.29 Å². The Bertz CT molecular complexity index is 157. The summed E-state index contributed by atoms with van der Waals surface area (Å²) >= 11 is -1.94. The van der Waals surface area contributed by atoms with E-state index in [-0.39, 0.29) is 6.42 Å². The van der Waals surface area contributed by atoms with E-state index in [0.717, 1.165) is 0 Å². The van der Waals surface area contributed by atoms with Crippen molar-refractivity contribution >= 4 is 17.0 Å². The predicted octanol–water partition coefficient (Wildman–Crippen LogP) is 0.550. The summed E-state index contributed by atoms with van der Waals surface area (Å²) in [7, 11) is 0. The van der Waals surface area contributed by atoms with Crippen LogP contribution in [0, 0.1) is 0 Å². The highest BCUT2D eigenvalue weighted by Crippen LogP contribution is 2.00. The first kappa shape index (κ1) is 10.6. The summed E-state index contributed by atoms with van der Waals surface area (Å²) in [5, 5.41) is -0.547. The first-order valence-electron chi connectivity index (χ1n) is 3.33. The SMILES string of the molecule is CCOC(=O)CC(C)S(=O)O. The first-order valence-corrected chi connectivity index (χ1v) is 4.50. The lowest BCUT2D eigenvalue weighted by atomic mass is 10.3. The highest BCUT2D eigenvalue weighted by Gasteiger charge is 2.13. The Morgan fingerprint density at radius 3 is 2.64 bits per heavy atom. The summed E-state index contributed by atoms with van der Waals surface area (Å²) in [6, 6.07) is 0. The van der Waals surface area contributed by atoms with Gasteiger partial charge in [-0.3, -0.25) is 4.79 Å². The summed E-state index contributed by atoms with van der Waals surface area (Å²) < 4.78 is 23.4. The Kier molecular flexibility index (Phi) is 5.06. The molecule has 0 aliphatic rings. The van der Waals surface area contributed by atoms with Gasteiger partial charge in [-0.15, -0.1) is 0 Å². The minimum atomic E-state index is -1.94. The predicted molar refractivity (Wildman–Crippen MR) is 41.5 cm³/mol. The third-order valence-corrected chi connectivity index (χ3v) is 1.96. The maximum atomic E-state index is 10.7. The summed E-state index contributed by atoms with van der Waals surface area (Å²) in [4.78, 5) is 10.7. The van der Waals surface area contributed by atoms with Gasteiger partial charge in [-0.25, -0.2) is 4.21 Å². The lowest BCUT2D eigenvalue weighted by molar-refractivity contribution is -0.143. The molecule has 0 rings (SSSR count). The van der Waals surface area contributed by atoms with Crippen molar-refractivity contribution in [2.75, 3.05) is 6.61 Å². The zero-order valence-corrected chi connectivity index (χ0v) is 7.39. The lowest BCUT2D eigenvalue weighted by Gasteiger charge is -2.04. The second kappa shape index (κ2) is 5.26. The molecule has 4 nitrogen and oxygen atoms in total. The highest BCUT2D eigenvalue weighted by atomic mass is 32.2. The fourth-order valence-corrected chi connectivity index (χ4v) is 0.805. The Morgan fingerprint density at radius 1 is 1.73 bits per heavy atom. The van der Waals surface area contributed by atoms with Crippen LogP contribution < -0.4 is 0 Å². The fraction of sp³-hybridized carbons (Fsp3) is 0.833. The molecule has 0 aliphatic heterocycles. The van der Waals surface area contributed by atoms with E-state index in [0.29, 0.717) is 6.61 Å². The molecule has 5 heteroatoms. The van der Waals surface area contributed by atoms with Crippen molar-refractivity contribution in [1.29, 1.82) is 0 Å². The molecule has 66 valence electrons. The van der Waals surface area contributed by atoms with Gasteiger partial charge in [-0.1, -0.05) is 0 Å². The van der Waals surface area contributed by atoms with E-state index < -0.39 is 22.3 Å². The average molecular weight is 180 g/mol. The number of rotatable bonds is 4. The van der Waals surface area contributed by atoms with Crippen LogP contribution in [0.15, 0.2) is 0 Å². The van der Waals surface area contributed by atoms with E-state index in [1.165, 1.54) is 6.92 Å². The normalized spacial score (nSPS) is 15.5. The summed E-state index contributed by atoms with van der Waals surface area (Å²) in [6.45, 7) is 3.52. The number of carbonyl (C=O) groups excluding carboxylic acids is 1. The van der Waals surface area contributed by atoms with Gasteiger partial charge in [0.2, 0.25) is 0 Å². The summed E-state index contributed by atoms with van der Waals surface area (Å²) in [5.74, 6) is -0.428. The standard InChI is InChI=1S/C6H12O4S/c1-3-10-6(7)4-5(2)11(8)9/h5H,3-4H2,1-2H3,(H,8,9). The smallest absolute Gasteiger partial charge is 0.307 e. The first-order chi connectivity index (χ1) is 5.07. The quantitative estimate of drug-likeness (QED) is 0.507. The van der Waals surface area contributed by atoms with Gasteiger partial charge in [0.25, 0.3) is 0 Å². The second-order valence-corrected chi connectivity index (χ2v) is 3.45. The lowest BCUT2D eigenvalue weighted by Crippen LogP contribution is -2.17. The molecule has 0 spiro atoms. The Morgan fingerprint density at radius 2 is 2.27 bits per heavy atom. The number of hydrogen-bond donors (Lipinski definition) is 1. The molecule has 0 fully saturated rings. The largest absolute Gasteiger partial charge is 0.466 e. The molecule has 0 bridgehead atoms. The molecular formula is C6H12O4S. The van der Waals surface area contributed by atoms with Crippen LogP contribution in [-0.2, 0) is 20.6 Å². The van der Waals surface area contributed by atoms with Gasteiger partial charge >= 0.3 is 5.97 Å². The van der Waals surface area contributed by atoms with Crippen molar-refractivity contribution in [2.24, 2.45) is 0 Å². The third kappa shape index (κ3) is 4.92. The van der Waals surface area contributed by atoms with E-state index in [1.54, 1.807) is 6.92 Å². The Balaban J connectivity index is 3.66. The second-order valence-electron chi connectivity index (χ2n) is 2.10. The molecule has 0 saturated carbocycles. The highest BCUT2D eigenvalue weighted by molar-refractivity contribution is 7.79. The van der Waals surface area contributed by atoms with E-state index in [1.807, 2.05) is 0 Å². The van der Waals surface area contributed by atoms with E-state index >= 15 is 0 Å². The van der Waals surface area contributed by atoms with Crippen LogP contribution in [0.1, 0.15) is 20.3 Å². The molecule has 2 unspecified atom stereocenters. The molecule has 0 amide bonds. The van der Waals surface area contributed by atoms with Gasteiger partial charge in [0.1, 0.15) is 0 Å². The van der Waals surface area contributed by atoms with Crippen LogP contribution >= 0.6 is 0 Å². The van der Waals surface area contributed by atoms with Crippen LogP contribution in [0.4, 0.5) is 0 Å². The van der Waals surface area contributed by atoms with Crippen molar-refractivity contribution < 1.29 is 18.3 Å². The average Bonchev–Trinajstić information content (AvgIpc) is 1.87. The zero-order valence-electron chi connectivity index (χ0n) is 6.57. The number of hydrogen-bond acceptors (Lipinski definition) is 3. The van der Waals surface area contributed by atoms with Gasteiger partial charge in [0.15, 0.2) is 11.1 Å². The van der Waals surface area contributed by atoms with Crippen LogP contribution in [0.25, 0.3) is 0 Å². The molecule has 11 heavy (non-hydrogen) atoms. The van der Waals surface area contributed by atoms with Crippen LogP contribution in [0.5, 0.6) is 0 Å². The molecule has 0 aromatic carbocycles. The molecule has 0 aliphatic carbocycles. The topological polar surface area (TPSA) is 63.6 Å². The number of esters is 1. The maximum absolute atomic E-state index is 10.7. The number of ether oxygens (including phenoxy) is 1. The Labute approximate surface area is 68.2 Å². The van der Waals surface area contributed by atoms with E-state index in [4.69, 9.17) is 4.55 Å². The van der Waals surface area contributed by atoms with Gasteiger partial charge in [-0.2, -0.15) is 0 Å². The molecule has 0 aromatic heterocycles. The van der Waals surface area contributed by atoms with Gasteiger partial charge in [0, 0.05) is 0 Å². The van der Waals surface area contributed by atoms with Gasteiger partial charge in [0.05, 0.1) is 18.3 Å². The van der Waals surface area contributed by atoms with Crippen molar-refractivity contribution in [3.05, 3.63) is 0 Å². The van der Waals surface area contributed by atoms with Crippen molar-refractivity contribution in [1.82, 2.24) is 0 Å². The van der Waals surface area contributed by atoms with Crippen molar-refractivity contribution in [3.8, 4) is 0 Å². The third-order valence-electron chi connectivity index (χ3n) is 1.10. The zero-order chi connectivity index (χ0) is 8.85. The maximum Gasteiger partial charge on any atom is 0.307 e. The minimum absolute atomic E-state index is 0.00302. The molecule has 0 aromatic rings. The molecule has 2 atom stereocenters. The molecule has 0 saturated heterocycles. The van der Waals surface area contributed by atoms with Crippen LogP contribution in [0.3, 0.4) is 0 Å². The summed E-state index contributed by atoms with van der Waals surface area (Å²) in [6.07, 6.45) is -0.00302. The van der Waals surface area contributed by atoms with Crippen LogP contribution in [-0.4, -0.2) is 26.6 Å². The van der Waals surface area contributed by atoms with Crippen molar-refractivity contribution in [2.45, 2.75) is 25.5 Å². The summed E-state index contributed by atoms with van der Waals surface area (Å²) in [5.41, 5.74) is 0. The molecule has 0 heterocycles. The number of carbonyl (C=O) groups is 1. The van der Waals surface area contributed by atoms with Crippen molar-refractivity contribution in [3.63, 3.8) is 0 Å². The monoisotopic (exact) mass is 180 g/mol. The molecule has 1 N–H and O–H groups in total. The minimum Gasteiger partial charge on any atom is -0.466 e. The van der Waals surface area contributed by atoms with Gasteiger partial charge in [-0.05, 0) is 13.8 Å². The molecule has 0 radical (unpaired) electrons. The van der Waals surface area contributed by atoms with E-state index in [2.05, 4.69) is 4.74 Å². The van der Waals surface area contributed by atoms with E-state index in [9.17, 15) is 9.00 Å². The fourth-order valence-electron chi connectivity index (χ4n) is 0.526.